The van der Waals surface area contributed by atoms with Gasteiger partial charge in [-0.1, -0.05) is 18.2 Å². The van der Waals surface area contributed by atoms with Gasteiger partial charge in [-0.3, -0.25) is 14.3 Å². The molecule has 21 heavy (non-hydrogen) atoms. The molecule has 0 aliphatic rings. The lowest BCUT2D eigenvalue weighted by molar-refractivity contribution is 0.273. The van der Waals surface area contributed by atoms with Crippen LogP contribution in [0.25, 0.3) is 16.6 Å². The number of pyridine rings is 2. The largest absolute Gasteiger partial charge is 0.390 e. The Balaban J connectivity index is 2.48. The van der Waals surface area contributed by atoms with Crippen molar-refractivity contribution < 1.29 is 5.11 Å². The minimum Gasteiger partial charge on any atom is -0.390 e. The van der Waals surface area contributed by atoms with Gasteiger partial charge >= 0.3 is 0 Å². The van der Waals surface area contributed by atoms with Crippen molar-refractivity contribution in [2.24, 2.45) is 0 Å². The second-order valence-electron chi connectivity index (χ2n) is 5.11. The van der Waals surface area contributed by atoms with E-state index in [-0.39, 0.29) is 12.2 Å². The smallest absolute Gasteiger partial charge is 0.265 e. The Kier molecular flexibility index (Phi) is 3.31. The first-order valence-corrected chi connectivity index (χ1v) is 6.80. The zero-order valence-electron chi connectivity index (χ0n) is 12.0. The summed E-state index contributed by atoms with van der Waals surface area (Å²) in [5, 5.41) is 10.2. The number of fused-ring (bicyclic) bond motifs is 1. The highest BCUT2D eigenvalue weighted by atomic mass is 16.3. The van der Waals surface area contributed by atoms with Crippen LogP contribution < -0.4 is 5.56 Å². The monoisotopic (exact) mass is 280 g/mol. The summed E-state index contributed by atoms with van der Waals surface area (Å²) in [7, 11) is 0. The van der Waals surface area contributed by atoms with Gasteiger partial charge < -0.3 is 5.11 Å². The van der Waals surface area contributed by atoms with Crippen LogP contribution in [0.15, 0.2) is 47.4 Å². The lowest BCUT2D eigenvalue weighted by Crippen LogP contribution is -2.23. The van der Waals surface area contributed by atoms with Crippen molar-refractivity contribution in [1.82, 2.24) is 9.55 Å². The first-order chi connectivity index (χ1) is 10.1. The fourth-order valence-corrected chi connectivity index (χ4v) is 2.63. The molecule has 4 heteroatoms. The molecule has 3 rings (SSSR count). The summed E-state index contributed by atoms with van der Waals surface area (Å²) in [5.74, 6) is 0. The van der Waals surface area contributed by atoms with E-state index < -0.39 is 0 Å². The van der Waals surface area contributed by atoms with Crippen molar-refractivity contribution in [2.45, 2.75) is 20.5 Å². The normalized spacial score (nSPS) is 11.0. The van der Waals surface area contributed by atoms with Crippen molar-refractivity contribution in [3.05, 3.63) is 69.8 Å². The van der Waals surface area contributed by atoms with E-state index in [2.05, 4.69) is 4.98 Å². The van der Waals surface area contributed by atoms with Gasteiger partial charge in [-0.25, -0.2) is 0 Å². The summed E-state index contributed by atoms with van der Waals surface area (Å²) in [6.45, 7) is 3.63. The molecule has 2 aromatic heterocycles. The highest BCUT2D eigenvalue weighted by molar-refractivity contribution is 5.81. The Labute approximate surface area is 122 Å². The van der Waals surface area contributed by atoms with Crippen molar-refractivity contribution in [3.63, 3.8) is 0 Å². The Bertz CT molecular complexity index is 882. The van der Waals surface area contributed by atoms with Crippen molar-refractivity contribution in [3.8, 4) is 5.69 Å². The van der Waals surface area contributed by atoms with Crippen LogP contribution in [-0.4, -0.2) is 14.7 Å². The number of hydrogen-bond acceptors (Lipinski definition) is 3. The van der Waals surface area contributed by atoms with Crippen molar-refractivity contribution >= 4 is 10.9 Å². The minimum atomic E-state index is -0.213. The summed E-state index contributed by atoms with van der Waals surface area (Å²) in [5.41, 5.74) is 3.67. The summed E-state index contributed by atoms with van der Waals surface area (Å²) in [4.78, 5) is 17.1. The van der Waals surface area contributed by atoms with E-state index in [1.807, 2.05) is 44.2 Å². The maximum atomic E-state index is 12.9. The molecule has 0 radical (unpaired) electrons. The molecule has 1 aromatic carbocycles. The van der Waals surface area contributed by atoms with Crippen LogP contribution >= 0.6 is 0 Å². The fraction of sp³-hybridized carbons (Fsp3) is 0.176. The average Bonchev–Trinajstić information content (AvgIpc) is 2.48. The number of hydrogen-bond donors (Lipinski definition) is 1. The standard InChI is InChI=1S/C17H16N2O2/c1-11-5-3-4-6-15(11)19-13(10-20)9-14-16(17(19)21)12(2)7-8-18-14/h3-9,20H,10H2,1-2H3. The Morgan fingerprint density at radius 1 is 1.14 bits per heavy atom. The topological polar surface area (TPSA) is 55.1 Å². The third kappa shape index (κ3) is 2.14. The van der Waals surface area contributed by atoms with E-state index in [4.69, 9.17) is 0 Å². The van der Waals surface area contributed by atoms with Gasteiger partial charge in [0.2, 0.25) is 0 Å². The van der Waals surface area contributed by atoms with Gasteiger partial charge in [0.15, 0.2) is 0 Å². The number of aromatic nitrogens is 2. The predicted molar refractivity (Wildman–Crippen MR) is 82.7 cm³/mol. The van der Waals surface area contributed by atoms with E-state index in [1.54, 1.807) is 16.8 Å². The van der Waals surface area contributed by atoms with Gasteiger partial charge in [0, 0.05) is 6.20 Å². The highest BCUT2D eigenvalue weighted by Crippen LogP contribution is 2.19. The van der Waals surface area contributed by atoms with Crippen molar-refractivity contribution in [1.29, 1.82) is 0 Å². The predicted octanol–water partition coefficient (Wildman–Crippen LogP) is 2.49. The molecule has 2 heterocycles. The molecule has 0 bridgehead atoms. The summed E-state index contributed by atoms with van der Waals surface area (Å²) >= 11 is 0. The first-order valence-electron chi connectivity index (χ1n) is 6.80. The number of para-hydroxylation sites is 1. The number of nitrogens with zero attached hydrogens (tertiary/aromatic N) is 2. The molecule has 4 nitrogen and oxygen atoms in total. The van der Waals surface area contributed by atoms with E-state index in [0.717, 1.165) is 16.8 Å². The number of rotatable bonds is 2. The van der Waals surface area contributed by atoms with E-state index in [1.165, 1.54) is 0 Å². The van der Waals surface area contributed by atoms with Gasteiger partial charge in [-0.2, -0.15) is 0 Å². The maximum Gasteiger partial charge on any atom is 0.265 e. The van der Waals surface area contributed by atoms with Crippen LogP contribution in [0, 0.1) is 13.8 Å². The van der Waals surface area contributed by atoms with E-state index in [9.17, 15) is 9.90 Å². The molecule has 3 aromatic rings. The van der Waals surface area contributed by atoms with Crippen LogP contribution in [0.5, 0.6) is 0 Å². The van der Waals surface area contributed by atoms with E-state index in [0.29, 0.717) is 16.6 Å². The minimum absolute atomic E-state index is 0.142. The molecule has 0 fully saturated rings. The van der Waals surface area contributed by atoms with Gasteiger partial charge in [-0.05, 0) is 43.2 Å². The SMILES string of the molecule is Cc1ccccc1-n1c(CO)cc2nccc(C)c2c1=O. The van der Waals surface area contributed by atoms with Gasteiger partial charge in [0.1, 0.15) is 0 Å². The zero-order chi connectivity index (χ0) is 15.0. The first kappa shape index (κ1) is 13.5. The summed E-state index contributed by atoms with van der Waals surface area (Å²) in [6, 6.07) is 11.2. The van der Waals surface area contributed by atoms with Crippen LogP contribution in [0.2, 0.25) is 0 Å². The lowest BCUT2D eigenvalue weighted by Gasteiger charge is -2.15. The zero-order valence-corrected chi connectivity index (χ0v) is 12.0. The molecular weight excluding hydrogens is 264 g/mol. The molecule has 0 aliphatic carbocycles. The molecule has 0 atom stereocenters. The molecule has 0 saturated heterocycles. The molecular formula is C17H16N2O2. The Hall–Kier alpha value is -2.46. The number of aliphatic hydroxyl groups excluding tert-OH is 1. The third-order valence-electron chi connectivity index (χ3n) is 3.71. The average molecular weight is 280 g/mol. The second-order valence-corrected chi connectivity index (χ2v) is 5.11. The second kappa shape index (κ2) is 5.14. The van der Waals surface area contributed by atoms with Gasteiger partial charge in [0.05, 0.1) is 28.9 Å². The van der Waals surface area contributed by atoms with Crippen molar-refractivity contribution in [2.75, 3.05) is 0 Å². The quantitative estimate of drug-likeness (QED) is 0.784. The maximum absolute atomic E-state index is 12.9. The number of aryl methyl sites for hydroxylation is 2. The Morgan fingerprint density at radius 3 is 2.62 bits per heavy atom. The molecule has 1 N–H and O–H groups in total. The molecule has 0 spiro atoms. The molecule has 0 unspecified atom stereocenters. The summed E-state index contributed by atoms with van der Waals surface area (Å²) in [6.07, 6.45) is 1.68. The van der Waals surface area contributed by atoms with E-state index >= 15 is 0 Å². The fourth-order valence-electron chi connectivity index (χ4n) is 2.63. The molecule has 0 amide bonds. The Morgan fingerprint density at radius 2 is 1.90 bits per heavy atom. The number of benzene rings is 1. The highest BCUT2D eigenvalue weighted by Gasteiger charge is 2.13. The lowest BCUT2D eigenvalue weighted by atomic mass is 10.1. The molecule has 0 aliphatic heterocycles. The molecule has 0 saturated carbocycles. The van der Waals surface area contributed by atoms with Gasteiger partial charge in [0.25, 0.3) is 5.56 Å². The third-order valence-corrected chi connectivity index (χ3v) is 3.71. The summed E-state index contributed by atoms with van der Waals surface area (Å²) < 4.78 is 1.58. The van der Waals surface area contributed by atoms with Crippen LogP contribution in [-0.2, 0) is 6.61 Å². The molecule has 106 valence electrons. The van der Waals surface area contributed by atoms with Crippen LogP contribution in [0.4, 0.5) is 0 Å². The van der Waals surface area contributed by atoms with Gasteiger partial charge in [-0.15, -0.1) is 0 Å². The van der Waals surface area contributed by atoms with Crippen LogP contribution in [0.3, 0.4) is 0 Å². The number of aliphatic hydroxyl groups is 1. The van der Waals surface area contributed by atoms with Crippen LogP contribution in [0.1, 0.15) is 16.8 Å².